The molecule has 1 amide bonds. The summed E-state index contributed by atoms with van der Waals surface area (Å²) in [5, 5.41) is 11.4. The van der Waals surface area contributed by atoms with E-state index < -0.39 is 11.9 Å². The molecule has 7 heteroatoms. The third-order valence-electron chi connectivity index (χ3n) is 2.26. The Morgan fingerprint density at radius 3 is 2.58 bits per heavy atom. The number of pyridine rings is 2. The number of aromatic nitrogens is 2. The molecule has 2 aromatic heterocycles. The molecule has 0 spiro atoms. The van der Waals surface area contributed by atoms with Crippen molar-refractivity contribution in [1.29, 1.82) is 0 Å². The quantitative estimate of drug-likeness (QED) is 0.904. The van der Waals surface area contributed by atoms with Crippen LogP contribution in [0.5, 0.6) is 0 Å². The third-order valence-corrected chi connectivity index (χ3v) is 2.90. The molecule has 2 aromatic rings. The number of nitrogens with one attached hydrogen (secondary N) is 1. The van der Waals surface area contributed by atoms with Crippen molar-refractivity contribution >= 4 is 33.5 Å². The lowest BCUT2D eigenvalue weighted by Crippen LogP contribution is -2.14. The third kappa shape index (κ3) is 3.14. The first-order valence-corrected chi connectivity index (χ1v) is 5.97. The molecule has 0 atom stereocenters. The average Bonchev–Trinajstić information content (AvgIpc) is 2.41. The highest BCUT2D eigenvalue weighted by atomic mass is 79.9. The Hall–Kier alpha value is -2.28. The van der Waals surface area contributed by atoms with Crippen LogP contribution in [-0.4, -0.2) is 27.0 Å². The number of carboxylic acid groups (broad SMARTS) is 1. The van der Waals surface area contributed by atoms with Crippen LogP contribution in [0.3, 0.4) is 0 Å². The smallest absolute Gasteiger partial charge is 0.337 e. The monoisotopic (exact) mass is 321 g/mol. The molecule has 96 valence electrons. The first kappa shape index (κ1) is 13.2. The molecule has 0 aliphatic rings. The molecule has 0 aromatic carbocycles. The van der Waals surface area contributed by atoms with Crippen molar-refractivity contribution in [2.75, 3.05) is 5.32 Å². The zero-order valence-electron chi connectivity index (χ0n) is 9.50. The number of hydrogen-bond acceptors (Lipinski definition) is 4. The van der Waals surface area contributed by atoms with E-state index >= 15 is 0 Å². The number of carboxylic acids is 1. The van der Waals surface area contributed by atoms with Crippen LogP contribution in [0.4, 0.5) is 5.69 Å². The average molecular weight is 322 g/mol. The minimum atomic E-state index is -1.09. The molecule has 2 heterocycles. The Bertz CT molecular complexity index is 628. The van der Waals surface area contributed by atoms with Crippen LogP contribution in [-0.2, 0) is 0 Å². The van der Waals surface area contributed by atoms with E-state index in [4.69, 9.17) is 5.11 Å². The fourth-order valence-corrected chi connectivity index (χ4v) is 1.67. The number of carbonyl (C=O) groups excluding carboxylic acids is 1. The van der Waals surface area contributed by atoms with Crippen molar-refractivity contribution in [2.24, 2.45) is 0 Å². The van der Waals surface area contributed by atoms with Gasteiger partial charge in [0.1, 0.15) is 5.69 Å². The van der Waals surface area contributed by atoms with Crippen molar-refractivity contribution in [3.05, 3.63) is 52.5 Å². The van der Waals surface area contributed by atoms with E-state index in [0.29, 0.717) is 10.2 Å². The highest BCUT2D eigenvalue weighted by Gasteiger charge is 2.11. The molecule has 0 bridgehead atoms. The van der Waals surface area contributed by atoms with Crippen LogP contribution >= 0.6 is 15.9 Å². The summed E-state index contributed by atoms with van der Waals surface area (Å²) >= 11 is 3.25. The lowest BCUT2D eigenvalue weighted by molar-refractivity contribution is 0.0696. The van der Waals surface area contributed by atoms with Crippen molar-refractivity contribution in [3.63, 3.8) is 0 Å². The van der Waals surface area contributed by atoms with Crippen molar-refractivity contribution in [2.45, 2.75) is 0 Å². The number of hydrogen-bond donors (Lipinski definition) is 2. The summed E-state index contributed by atoms with van der Waals surface area (Å²) in [7, 11) is 0. The summed E-state index contributed by atoms with van der Waals surface area (Å²) in [6.07, 6.45) is 4.23. The Labute approximate surface area is 116 Å². The van der Waals surface area contributed by atoms with Gasteiger partial charge in [0.05, 0.1) is 15.7 Å². The molecule has 0 aliphatic heterocycles. The van der Waals surface area contributed by atoms with Gasteiger partial charge in [0.25, 0.3) is 5.91 Å². The van der Waals surface area contributed by atoms with Gasteiger partial charge in [-0.1, -0.05) is 0 Å². The molecule has 0 aliphatic carbocycles. The largest absolute Gasteiger partial charge is 0.478 e. The van der Waals surface area contributed by atoms with E-state index in [1.165, 1.54) is 12.1 Å². The molecule has 2 rings (SSSR count). The maximum absolute atomic E-state index is 11.9. The predicted octanol–water partition coefficient (Wildman–Crippen LogP) is 2.19. The van der Waals surface area contributed by atoms with Crippen LogP contribution in [0.1, 0.15) is 20.8 Å². The second kappa shape index (κ2) is 5.57. The Kier molecular flexibility index (Phi) is 3.86. The molecule has 6 nitrogen and oxygen atoms in total. The highest BCUT2D eigenvalue weighted by Crippen LogP contribution is 2.20. The summed E-state index contributed by atoms with van der Waals surface area (Å²) in [5.41, 5.74) is 0.722. The number of aromatic carboxylic acids is 1. The van der Waals surface area contributed by atoms with E-state index in [0.717, 1.165) is 6.20 Å². The SMILES string of the molecule is O=C(O)c1ccc(C(=O)Nc2ccncc2Br)nc1. The van der Waals surface area contributed by atoms with Crippen molar-refractivity contribution in [3.8, 4) is 0 Å². The Morgan fingerprint density at radius 1 is 1.21 bits per heavy atom. The topological polar surface area (TPSA) is 92.2 Å². The van der Waals surface area contributed by atoms with Gasteiger partial charge in [0.15, 0.2) is 0 Å². The maximum atomic E-state index is 11.9. The van der Waals surface area contributed by atoms with E-state index in [-0.39, 0.29) is 11.3 Å². The molecule has 0 radical (unpaired) electrons. The van der Waals surface area contributed by atoms with Gasteiger partial charge < -0.3 is 10.4 Å². The number of amides is 1. The fourth-order valence-electron chi connectivity index (χ4n) is 1.32. The van der Waals surface area contributed by atoms with Gasteiger partial charge in [-0.2, -0.15) is 0 Å². The second-order valence-electron chi connectivity index (χ2n) is 3.55. The molecule has 0 unspecified atom stereocenters. The molecule has 0 fully saturated rings. The molecule has 0 saturated carbocycles. The van der Waals surface area contributed by atoms with Crippen LogP contribution in [0.2, 0.25) is 0 Å². The molecule has 0 saturated heterocycles. The summed E-state index contributed by atoms with van der Waals surface area (Å²) in [6.45, 7) is 0. The van der Waals surface area contributed by atoms with Crippen LogP contribution < -0.4 is 5.32 Å². The normalized spacial score (nSPS) is 9.95. The predicted molar refractivity (Wildman–Crippen MR) is 71.1 cm³/mol. The number of rotatable bonds is 3. The van der Waals surface area contributed by atoms with Gasteiger partial charge in [-0.15, -0.1) is 0 Å². The van der Waals surface area contributed by atoms with Crippen LogP contribution in [0, 0.1) is 0 Å². The number of carbonyl (C=O) groups is 2. The van der Waals surface area contributed by atoms with E-state index in [1.54, 1.807) is 18.5 Å². The zero-order chi connectivity index (χ0) is 13.8. The Morgan fingerprint density at radius 2 is 2.00 bits per heavy atom. The number of halogens is 1. The minimum Gasteiger partial charge on any atom is -0.478 e. The number of anilines is 1. The van der Waals surface area contributed by atoms with Gasteiger partial charge in [-0.05, 0) is 34.1 Å². The van der Waals surface area contributed by atoms with E-state index in [2.05, 4.69) is 31.2 Å². The lowest BCUT2D eigenvalue weighted by atomic mass is 10.2. The fraction of sp³-hybridized carbons (Fsp3) is 0. The lowest BCUT2D eigenvalue weighted by Gasteiger charge is -2.06. The maximum Gasteiger partial charge on any atom is 0.337 e. The van der Waals surface area contributed by atoms with Gasteiger partial charge in [0, 0.05) is 18.6 Å². The summed E-state index contributed by atoms with van der Waals surface area (Å²) < 4.78 is 0.644. The van der Waals surface area contributed by atoms with Crippen molar-refractivity contribution in [1.82, 2.24) is 9.97 Å². The molecule has 2 N–H and O–H groups in total. The van der Waals surface area contributed by atoms with Gasteiger partial charge >= 0.3 is 5.97 Å². The molecular formula is C12H8BrN3O3. The van der Waals surface area contributed by atoms with Crippen molar-refractivity contribution < 1.29 is 14.7 Å². The summed E-state index contributed by atoms with van der Waals surface area (Å²) in [6, 6.07) is 4.31. The highest BCUT2D eigenvalue weighted by molar-refractivity contribution is 9.10. The first-order chi connectivity index (χ1) is 9.08. The van der Waals surface area contributed by atoms with Crippen LogP contribution in [0.25, 0.3) is 0 Å². The van der Waals surface area contributed by atoms with Gasteiger partial charge in [-0.3, -0.25) is 14.8 Å². The molecule has 19 heavy (non-hydrogen) atoms. The van der Waals surface area contributed by atoms with Gasteiger partial charge in [-0.25, -0.2) is 4.79 Å². The Balaban J connectivity index is 2.16. The summed E-state index contributed by atoms with van der Waals surface area (Å²) in [4.78, 5) is 30.2. The standard InChI is InChI=1S/C12H8BrN3O3/c13-8-6-14-4-3-9(8)16-11(17)10-2-1-7(5-15-10)12(18)19/h1-6H,(H,18,19)(H,14,16,17). The van der Waals surface area contributed by atoms with Crippen LogP contribution in [0.15, 0.2) is 41.3 Å². The summed E-state index contributed by atoms with van der Waals surface area (Å²) in [5.74, 6) is -1.51. The first-order valence-electron chi connectivity index (χ1n) is 5.18. The minimum absolute atomic E-state index is 0.0293. The van der Waals surface area contributed by atoms with E-state index in [9.17, 15) is 9.59 Å². The number of nitrogens with zero attached hydrogens (tertiary/aromatic N) is 2. The second-order valence-corrected chi connectivity index (χ2v) is 4.40. The zero-order valence-corrected chi connectivity index (χ0v) is 11.1. The molecular weight excluding hydrogens is 314 g/mol. The van der Waals surface area contributed by atoms with Gasteiger partial charge in [0.2, 0.25) is 0 Å². The van der Waals surface area contributed by atoms with E-state index in [1.807, 2.05) is 0 Å².